The van der Waals surface area contributed by atoms with Gasteiger partial charge >= 0.3 is 0 Å². The largest absolute Gasteiger partial charge is 0.483 e. The lowest BCUT2D eigenvalue weighted by Gasteiger charge is -2.10. The summed E-state index contributed by atoms with van der Waals surface area (Å²) >= 11 is 3.15. The van der Waals surface area contributed by atoms with Crippen molar-refractivity contribution in [2.75, 3.05) is 6.61 Å². The van der Waals surface area contributed by atoms with Crippen LogP contribution in [0.2, 0.25) is 0 Å². The molecule has 0 fully saturated rings. The number of hydrazine groups is 1. The fourth-order valence-electron chi connectivity index (χ4n) is 1.76. The third kappa shape index (κ3) is 4.79. The van der Waals surface area contributed by atoms with Gasteiger partial charge in [0.25, 0.3) is 11.8 Å². The molecule has 0 aliphatic heterocycles. The highest BCUT2D eigenvalue weighted by molar-refractivity contribution is 9.10. The Morgan fingerprint density at radius 3 is 2.65 bits per heavy atom. The van der Waals surface area contributed by atoms with Crippen LogP contribution in [0.1, 0.15) is 15.9 Å². The number of hydrogen-bond donors (Lipinski definition) is 2. The lowest BCUT2D eigenvalue weighted by molar-refractivity contribution is -0.123. The summed E-state index contributed by atoms with van der Waals surface area (Å²) < 4.78 is 19.4. The van der Waals surface area contributed by atoms with Crippen molar-refractivity contribution in [3.8, 4) is 5.75 Å². The molecule has 0 heterocycles. The van der Waals surface area contributed by atoms with Crippen LogP contribution in [0.5, 0.6) is 5.75 Å². The number of aryl methyl sites for hydroxylation is 1. The fraction of sp³-hybridized carbons (Fsp3) is 0.125. The number of halogens is 2. The standard InChI is InChI=1S/C16H14BrFN2O3/c1-10-4-2-3-5-14(10)23-9-15(21)19-20-16(22)12-8-11(17)6-7-13(12)18/h2-8H,9H2,1H3,(H,19,21)(H,20,22). The van der Waals surface area contributed by atoms with Crippen LogP contribution >= 0.6 is 15.9 Å². The van der Waals surface area contributed by atoms with E-state index in [0.717, 1.165) is 11.6 Å². The number of para-hydroxylation sites is 1. The Kier molecular flexibility index (Phi) is 5.70. The number of amides is 2. The number of benzene rings is 2. The van der Waals surface area contributed by atoms with E-state index >= 15 is 0 Å². The average molecular weight is 381 g/mol. The third-order valence-electron chi connectivity index (χ3n) is 2.94. The smallest absolute Gasteiger partial charge is 0.276 e. The van der Waals surface area contributed by atoms with Crippen LogP contribution < -0.4 is 15.6 Å². The second-order valence-electron chi connectivity index (χ2n) is 4.68. The minimum Gasteiger partial charge on any atom is -0.483 e. The van der Waals surface area contributed by atoms with Gasteiger partial charge < -0.3 is 4.74 Å². The third-order valence-corrected chi connectivity index (χ3v) is 3.43. The summed E-state index contributed by atoms with van der Waals surface area (Å²) in [6.45, 7) is 1.58. The van der Waals surface area contributed by atoms with Gasteiger partial charge in [-0.1, -0.05) is 34.1 Å². The molecule has 2 amide bonds. The molecule has 0 radical (unpaired) electrons. The van der Waals surface area contributed by atoms with Crippen LogP contribution in [0.4, 0.5) is 4.39 Å². The molecule has 23 heavy (non-hydrogen) atoms. The van der Waals surface area contributed by atoms with E-state index < -0.39 is 17.6 Å². The van der Waals surface area contributed by atoms with Crippen molar-refractivity contribution in [3.63, 3.8) is 0 Å². The van der Waals surface area contributed by atoms with Crippen LogP contribution in [0.25, 0.3) is 0 Å². The van der Waals surface area contributed by atoms with Crippen molar-refractivity contribution in [3.05, 3.63) is 63.9 Å². The first-order valence-corrected chi connectivity index (χ1v) is 7.49. The highest BCUT2D eigenvalue weighted by Crippen LogP contribution is 2.16. The van der Waals surface area contributed by atoms with E-state index in [4.69, 9.17) is 4.74 Å². The van der Waals surface area contributed by atoms with E-state index in [-0.39, 0.29) is 12.2 Å². The molecule has 0 aliphatic rings. The zero-order valence-electron chi connectivity index (χ0n) is 12.2. The molecule has 0 atom stereocenters. The highest BCUT2D eigenvalue weighted by Gasteiger charge is 2.13. The lowest BCUT2D eigenvalue weighted by Crippen LogP contribution is -2.44. The Hall–Kier alpha value is -2.41. The van der Waals surface area contributed by atoms with E-state index in [1.165, 1.54) is 12.1 Å². The molecule has 120 valence electrons. The van der Waals surface area contributed by atoms with Gasteiger partial charge in [0.1, 0.15) is 11.6 Å². The minimum atomic E-state index is -0.756. The Morgan fingerprint density at radius 1 is 1.17 bits per heavy atom. The highest BCUT2D eigenvalue weighted by atomic mass is 79.9. The normalized spacial score (nSPS) is 10.0. The monoisotopic (exact) mass is 380 g/mol. The summed E-state index contributed by atoms with van der Waals surface area (Å²) in [7, 11) is 0. The van der Waals surface area contributed by atoms with Crippen LogP contribution in [0.3, 0.4) is 0 Å². The lowest BCUT2D eigenvalue weighted by atomic mass is 10.2. The molecule has 0 saturated carbocycles. The van der Waals surface area contributed by atoms with E-state index in [1.807, 2.05) is 19.1 Å². The maximum Gasteiger partial charge on any atom is 0.276 e. The average Bonchev–Trinajstić information content (AvgIpc) is 2.54. The second-order valence-corrected chi connectivity index (χ2v) is 5.60. The van der Waals surface area contributed by atoms with Gasteiger partial charge in [0.2, 0.25) is 0 Å². The van der Waals surface area contributed by atoms with E-state index in [9.17, 15) is 14.0 Å². The number of carbonyl (C=O) groups is 2. The second kappa shape index (κ2) is 7.73. The minimum absolute atomic E-state index is 0.181. The van der Waals surface area contributed by atoms with Crippen LogP contribution in [0, 0.1) is 12.7 Å². The summed E-state index contributed by atoms with van der Waals surface area (Å²) in [5.74, 6) is -1.42. The van der Waals surface area contributed by atoms with Crippen molar-refractivity contribution in [2.24, 2.45) is 0 Å². The Morgan fingerprint density at radius 2 is 1.91 bits per heavy atom. The summed E-state index contributed by atoms with van der Waals surface area (Å²) in [4.78, 5) is 23.5. The fourth-order valence-corrected chi connectivity index (χ4v) is 2.12. The van der Waals surface area contributed by atoms with Gasteiger partial charge in [0, 0.05) is 4.47 Å². The van der Waals surface area contributed by atoms with Crippen LogP contribution in [0.15, 0.2) is 46.9 Å². The first-order valence-electron chi connectivity index (χ1n) is 6.70. The molecule has 0 spiro atoms. The van der Waals surface area contributed by atoms with Crippen molar-refractivity contribution in [1.82, 2.24) is 10.9 Å². The molecule has 0 aromatic heterocycles. The maximum absolute atomic E-state index is 13.5. The first-order chi connectivity index (χ1) is 11.0. The van der Waals surface area contributed by atoms with Crippen molar-refractivity contribution >= 4 is 27.7 Å². The molecule has 2 aromatic rings. The van der Waals surface area contributed by atoms with Crippen molar-refractivity contribution in [2.45, 2.75) is 6.92 Å². The molecule has 0 unspecified atom stereocenters. The topological polar surface area (TPSA) is 67.4 Å². The molecule has 7 heteroatoms. The summed E-state index contributed by atoms with van der Waals surface area (Å²) in [6.07, 6.45) is 0. The number of hydrogen-bond acceptors (Lipinski definition) is 3. The van der Waals surface area contributed by atoms with Gasteiger partial charge in [-0.15, -0.1) is 0 Å². The molecular weight excluding hydrogens is 367 g/mol. The maximum atomic E-state index is 13.5. The molecular formula is C16H14BrFN2O3. The first kappa shape index (κ1) is 17.0. The molecule has 2 aromatic carbocycles. The molecule has 2 rings (SSSR count). The predicted octanol–water partition coefficient (Wildman–Crippen LogP) is 2.74. The SMILES string of the molecule is Cc1ccccc1OCC(=O)NNC(=O)c1cc(Br)ccc1F. The number of rotatable bonds is 4. The number of ether oxygens (including phenoxy) is 1. The summed E-state index contributed by atoms with van der Waals surface area (Å²) in [5.41, 5.74) is 5.02. The molecule has 0 bridgehead atoms. The Bertz CT molecular complexity index is 737. The van der Waals surface area contributed by atoms with Gasteiger partial charge in [-0.25, -0.2) is 4.39 Å². The zero-order chi connectivity index (χ0) is 16.8. The molecule has 2 N–H and O–H groups in total. The van der Waals surface area contributed by atoms with Crippen LogP contribution in [-0.2, 0) is 4.79 Å². The Labute approximate surface area is 140 Å². The molecule has 0 aliphatic carbocycles. The number of nitrogens with one attached hydrogen (secondary N) is 2. The summed E-state index contributed by atoms with van der Waals surface area (Å²) in [5, 5.41) is 0. The predicted molar refractivity (Wildman–Crippen MR) is 86.4 cm³/mol. The zero-order valence-corrected chi connectivity index (χ0v) is 13.8. The quantitative estimate of drug-likeness (QED) is 0.801. The van der Waals surface area contributed by atoms with E-state index in [1.54, 1.807) is 12.1 Å². The van der Waals surface area contributed by atoms with Crippen molar-refractivity contribution < 1.29 is 18.7 Å². The van der Waals surface area contributed by atoms with Gasteiger partial charge in [0.05, 0.1) is 5.56 Å². The van der Waals surface area contributed by atoms with E-state index in [2.05, 4.69) is 26.8 Å². The van der Waals surface area contributed by atoms with Gasteiger partial charge in [0.15, 0.2) is 6.61 Å². The molecule has 0 saturated heterocycles. The van der Waals surface area contributed by atoms with Crippen LogP contribution in [-0.4, -0.2) is 18.4 Å². The van der Waals surface area contributed by atoms with Gasteiger partial charge in [-0.2, -0.15) is 0 Å². The van der Waals surface area contributed by atoms with E-state index in [0.29, 0.717) is 10.2 Å². The number of carbonyl (C=O) groups excluding carboxylic acids is 2. The summed E-state index contributed by atoms with van der Waals surface area (Å²) in [6, 6.07) is 11.2. The van der Waals surface area contributed by atoms with Gasteiger partial charge in [-0.05, 0) is 36.8 Å². The Balaban J connectivity index is 1.86. The molecule has 5 nitrogen and oxygen atoms in total. The van der Waals surface area contributed by atoms with Gasteiger partial charge in [-0.3, -0.25) is 20.4 Å². The van der Waals surface area contributed by atoms with Crippen molar-refractivity contribution in [1.29, 1.82) is 0 Å².